The fraction of sp³-hybridized carbons (Fsp3) is 0.355. The number of hydroxylamine groups is 1. The molecule has 0 unspecified atom stereocenters. The molecule has 0 spiro atoms. The molecular weight excluding hydrogens is 590 g/mol. The van der Waals surface area contributed by atoms with E-state index in [0.717, 1.165) is 32.4 Å². The van der Waals surface area contributed by atoms with E-state index in [0.29, 0.717) is 39.6 Å². The van der Waals surface area contributed by atoms with E-state index < -0.39 is 18.2 Å². The Kier molecular flexibility index (Phi) is 11.1. The molecule has 224 valence electrons. The van der Waals surface area contributed by atoms with Crippen molar-refractivity contribution in [3.63, 3.8) is 0 Å². The maximum absolute atomic E-state index is 13.7. The number of carbonyl (C=O) groups excluding carboxylic acids is 2. The van der Waals surface area contributed by atoms with Gasteiger partial charge in [-0.05, 0) is 98.8 Å². The molecule has 1 saturated heterocycles. The van der Waals surface area contributed by atoms with Crippen LogP contribution in [0.3, 0.4) is 0 Å². The van der Waals surface area contributed by atoms with Gasteiger partial charge in [-0.15, -0.1) is 5.06 Å². The summed E-state index contributed by atoms with van der Waals surface area (Å²) in [6.45, 7) is 2.87. The second kappa shape index (κ2) is 14.8. The molecule has 0 bridgehead atoms. The molecule has 3 aromatic rings. The number of benzene rings is 3. The molecule has 0 N–H and O–H groups in total. The number of amides is 2. The minimum atomic E-state index is -5.29. The zero-order chi connectivity index (χ0) is 30.1. The fourth-order valence-corrected chi connectivity index (χ4v) is 5.19. The molecule has 0 saturated carbocycles. The average Bonchev–Trinajstić information content (AvgIpc) is 2.97. The summed E-state index contributed by atoms with van der Waals surface area (Å²) in [6, 6.07) is 21.7. The van der Waals surface area contributed by atoms with Crippen molar-refractivity contribution in [2.24, 2.45) is 5.92 Å². The molecule has 2 amide bonds. The van der Waals surface area contributed by atoms with Crippen LogP contribution in [0.1, 0.15) is 30.4 Å². The fourth-order valence-electron chi connectivity index (χ4n) is 4.94. The van der Waals surface area contributed by atoms with Crippen LogP contribution in [0.5, 0.6) is 0 Å². The number of carbonyl (C=O) groups is 2. The monoisotopic (exact) mass is 621 g/mol. The molecular formula is C31H32Cl2F3N3O3. The average molecular weight is 623 g/mol. The van der Waals surface area contributed by atoms with Crippen LogP contribution in [0.25, 0.3) is 0 Å². The predicted molar refractivity (Wildman–Crippen MR) is 157 cm³/mol. The van der Waals surface area contributed by atoms with Gasteiger partial charge in [0, 0.05) is 23.1 Å². The Morgan fingerprint density at radius 3 is 2.05 bits per heavy atom. The normalized spacial score (nSPS) is 14.4. The lowest BCUT2D eigenvalue weighted by Crippen LogP contribution is -2.47. The Bertz CT molecular complexity index is 1300. The number of hydrogen-bond donors (Lipinski definition) is 0. The molecule has 6 nitrogen and oxygen atoms in total. The summed E-state index contributed by atoms with van der Waals surface area (Å²) >= 11 is 11.9. The molecule has 1 aliphatic rings. The van der Waals surface area contributed by atoms with Crippen LogP contribution in [0.15, 0.2) is 78.9 Å². The van der Waals surface area contributed by atoms with Gasteiger partial charge in [0.15, 0.2) is 0 Å². The summed E-state index contributed by atoms with van der Waals surface area (Å²) in [5.74, 6) is -1.89. The van der Waals surface area contributed by atoms with Crippen LogP contribution in [0.2, 0.25) is 10.0 Å². The van der Waals surface area contributed by atoms with E-state index in [1.54, 1.807) is 24.3 Å². The summed E-state index contributed by atoms with van der Waals surface area (Å²) in [5.41, 5.74) is 1.99. The standard InChI is InChI=1S/C31H32Cl2F3N3O3/c32-26-9-7-25(8-10-26)22-38(18-4-17-37-19-15-24(16-20-37)21-23-5-2-1-3-6-23)30(41)39(42-29(40)31(34,35)36)28-13-11-27(33)12-14-28/h1-3,5-14,24H,4,15-22H2. The first-order chi connectivity index (χ1) is 20.1. The molecule has 1 aliphatic heterocycles. The second-order valence-electron chi connectivity index (χ2n) is 10.3. The van der Waals surface area contributed by atoms with E-state index in [9.17, 15) is 22.8 Å². The Morgan fingerprint density at radius 1 is 0.857 bits per heavy atom. The lowest BCUT2D eigenvalue weighted by molar-refractivity contribution is -0.200. The van der Waals surface area contributed by atoms with Crippen molar-refractivity contribution >= 4 is 40.9 Å². The van der Waals surface area contributed by atoms with Crippen LogP contribution >= 0.6 is 23.2 Å². The molecule has 0 aliphatic carbocycles. The minimum absolute atomic E-state index is 0.0661. The van der Waals surface area contributed by atoms with Crippen LogP contribution in [-0.4, -0.2) is 54.2 Å². The first-order valence-corrected chi connectivity index (χ1v) is 14.5. The number of likely N-dealkylation sites (tertiary alicyclic amines) is 1. The van der Waals surface area contributed by atoms with Crippen LogP contribution < -0.4 is 5.06 Å². The van der Waals surface area contributed by atoms with Gasteiger partial charge in [-0.25, -0.2) is 9.59 Å². The molecule has 11 heteroatoms. The molecule has 0 aromatic heterocycles. The predicted octanol–water partition coefficient (Wildman–Crippen LogP) is 7.79. The van der Waals surface area contributed by atoms with Gasteiger partial charge in [0.25, 0.3) is 0 Å². The van der Waals surface area contributed by atoms with E-state index >= 15 is 0 Å². The smallest absolute Gasteiger partial charge is 0.323 e. The van der Waals surface area contributed by atoms with E-state index in [-0.39, 0.29) is 18.8 Å². The molecule has 0 atom stereocenters. The van der Waals surface area contributed by atoms with Crippen molar-refractivity contribution in [3.8, 4) is 0 Å². The van der Waals surface area contributed by atoms with Crippen molar-refractivity contribution in [2.75, 3.05) is 31.2 Å². The number of piperidine rings is 1. The largest absolute Gasteiger partial charge is 0.493 e. The van der Waals surface area contributed by atoms with Gasteiger partial charge in [0.1, 0.15) is 0 Å². The van der Waals surface area contributed by atoms with Gasteiger partial charge in [0.05, 0.1) is 5.69 Å². The van der Waals surface area contributed by atoms with Crippen LogP contribution in [0, 0.1) is 5.92 Å². The van der Waals surface area contributed by atoms with Gasteiger partial charge in [-0.3, -0.25) is 0 Å². The van der Waals surface area contributed by atoms with Crippen molar-refractivity contribution in [1.29, 1.82) is 0 Å². The molecule has 3 aromatic carbocycles. The topological polar surface area (TPSA) is 53.1 Å². The number of alkyl halides is 3. The Hall–Kier alpha value is -3.27. The first-order valence-electron chi connectivity index (χ1n) is 13.7. The molecule has 42 heavy (non-hydrogen) atoms. The van der Waals surface area contributed by atoms with E-state index in [4.69, 9.17) is 23.2 Å². The number of urea groups is 1. The summed E-state index contributed by atoms with van der Waals surface area (Å²) < 4.78 is 39.4. The van der Waals surface area contributed by atoms with Crippen molar-refractivity contribution < 1.29 is 27.6 Å². The maximum Gasteiger partial charge on any atom is 0.493 e. The van der Waals surface area contributed by atoms with Gasteiger partial charge in [-0.2, -0.15) is 13.2 Å². The van der Waals surface area contributed by atoms with Crippen molar-refractivity contribution in [3.05, 3.63) is 100 Å². The van der Waals surface area contributed by atoms with Crippen molar-refractivity contribution in [2.45, 2.75) is 38.4 Å². The van der Waals surface area contributed by atoms with Gasteiger partial charge in [0.2, 0.25) is 0 Å². The number of nitrogens with zero attached hydrogens (tertiary/aromatic N) is 3. The van der Waals surface area contributed by atoms with E-state index in [1.165, 1.54) is 34.7 Å². The number of hydrogen-bond acceptors (Lipinski definition) is 4. The summed E-state index contributed by atoms with van der Waals surface area (Å²) in [6.07, 6.45) is -1.53. The summed E-state index contributed by atoms with van der Waals surface area (Å²) in [5, 5.41) is 1.19. The highest BCUT2D eigenvalue weighted by atomic mass is 35.5. The first kappa shape index (κ1) is 31.7. The number of rotatable bonds is 9. The SMILES string of the molecule is O=C(N(CCCN1CCC(Cc2ccccc2)CC1)Cc1ccc(Cl)cc1)N(OC(=O)C(F)(F)F)c1ccc(Cl)cc1. The highest BCUT2D eigenvalue weighted by Gasteiger charge is 2.44. The third kappa shape index (κ3) is 9.37. The van der Waals surface area contributed by atoms with Gasteiger partial charge in [-0.1, -0.05) is 65.7 Å². The Labute approximate surface area is 253 Å². The number of anilines is 1. The zero-order valence-electron chi connectivity index (χ0n) is 22.9. The van der Waals surface area contributed by atoms with Gasteiger partial charge < -0.3 is 14.6 Å². The molecule has 1 heterocycles. The molecule has 1 fully saturated rings. The highest BCUT2D eigenvalue weighted by molar-refractivity contribution is 6.30. The van der Waals surface area contributed by atoms with Crippen molar-refractivity contribution in [1.82, 2.24) is 9.80 Å². The second-order valence-corrected chi connectivity index (χ2v) is 11.2. The lowest BCUT2D eigenvalue weighted by atomic mass is 9.90. The minimum Gasteiger partial charge on any atom is -0.323 e. The summed E-state index contributed by atoms with van der Waals surface area (Å²) in [7, 11) is 0. The van der Waals surface area contributed by atoms with E-state index in [1.807, 2.05) is 6.07 Å². The molecule has 0 radical (unpaired) electrons. The number of halogens is 5. The Balaban J connectivity index is 1.43. The third-order valence-corrected chi connectivity index (χ3v) is 7.68. The summed E-state index contributed by atoms with van der Waals surface area (Å²) in [4.78, 5) is 33.8. The zero-order valence-corrected chi connectivity index (χ0v) is 24.4. The molecule has 4 rings (SSSR count). The van der Waals surface area contributed by atoms with Crippen LogP contribution in [0.4, 0.5) is 23.7 Å². The quantitative estimate of drug-likeness (QED) is 0.229. The lowest BCUT2D eigenvalue weighted by Gasteiger charge is -2.33. The van der Waals surface area contributed by atoms with Gasteiger partial charge >= 0.3 is 18.2 Å². The third-order valence-electron chi connectivity index (χ3n) is 7.17. The van der Waals surface area contributed by atoms with E-state index in [2.05, 4.69) is 34.0 Å². The highest BCUT2D eigenvalue weighted by Crippen LogP contribution is 2.26. The van der Waals surface area contributed by atoms with Crippen LogP contribution in [-0.2, 0) is 22.6 Å². The maximum atomic E-state index is 13.7. The Morgan fingerprint density at radius 2 is 1.45 bits per heavy atom.